The van der Waals surface area contributed by atoms with Crippen molar-refractivity contribution in [2.75, 3.05) is 18.2 Å². The van der Waals surface area contributed by atoms with Crippen LogP contribution in [0.4, 0.5) is 5.82 Å². The van der Waals surface area contributed by atoms with Gasteiger partial charge in [-0.2, -0.15) is 5.10 Å². The van der Waals surface area contributed by atoms with Crippen LogP contribution in [0.3, 0.4) is 0 Å². The predicted octanol–water partition coefficient (Wildman–Crippen LogP) is 3.52. The van der Waals surface area contributed by atoms with Gasteiger partial charge in [0.05, 0.1) is 30.8 Å². The molecule has 1 fully saturated rings. The molecule has 0 aliphatic heterocycles. The third-order valence-corrected chi connectivity index (χ3v) is 6.27. The third kappa shape index (κ3) is 5.06. The molecule has 2 aromatic carbocycles. The summed E-state index contributed by atoms with van der Waals surface area (Å²) < 4.78 is 8.67. The minimum absolute atomic E-state index is 0.140. The molecule has 1 aliphatic rings. The van der Waals surface area contributed by atoms with Crippen LogP contribution in [-0.4, -0.2) is 48.8 Å². The number of anilines is 1. The number of carbonyl (C=O) groups excluding carboxylic acids is 1. The Bertz CT molecular complexity index is 1230. The molecule has 1 amide bonds. The van der Waals surface area contributed by atoms with Gasteiger partial charge in [0, 0.05) is 12.0 Å². The first kappa shape index (κ1) is 21.2. The second-order valence-corrected chi connectivity index (χ2v) is 8.72. The van der Waals surface area contributed by atoms with Gasteiger partial charge in [0.15, 0.2) is 0 Å². The number of amides is 1. The van der Waals surface area contributed by atoms with E-state index in [-0.39, 0.29) is 11.7 Å². The van der Waals surface area contributed by atoms with Gasteiger partial charge in [-0.15, -0.1) is 5.10 Å². The van der Waals surface area contributed by atoms with Crippen LogP contribution in [0.25, 0.3) is 5.69 Å². The highest BCUT2D eigenvalue weighted by atomic mass is 32.2. The minimum Gasteiger partial charge on any atom is -0.497 e. The molecule has 1 saturated carbocycles. The lowest BCUT2D eigenvalue weighted by atomic mass is 10.2. The van der Waals surface area contributed by atoms with Crippen LogP contribution in [0.15, 0.2) is 65.8 Å². The van der Waals surface area contributed by atoms with Gasteiger partial charge in [-0.25, -0.2) is 9.36 Å². The Hall–Kier alpha value is -3.66. The topological polar surface area (TPSA) is 99.8 Å². The van der Waals surface area contributed by atoms with E-state index in [0.29, 0.717) is 23.4 Å². The SMILES string of the molecule is COc1ccc(Cn2nnnc2SCC(=O)Nc2cc(C3CC3)nn2-c2ccccc2)cc1. The average Bonchev–Trinajstić information content (AvgIpc) is 3.47. The van der Waals surface area contributed by atoms with E-state index in [1.807, 2.05) is 60.7 Å². The van der Waals surface area contributed by atoms with Gasteiger partial charge in [-0.05, 0) is 53.1 Å². The molecule has 4 aromatic rings. The molecule has 0 unspecified atom stereocenters. The van der Waals surface area contributed by atoms with Crippen molar-refractivity contribution >= 4 is 23.5 Å². The third-order valence-electron chi connectivity index (χ3n) is 5.31. The first-order chi connectivity index (χ1) is 16.2. The fourth-order valence-electron chi connectivity index (χ4n) is 3.45. The van der Waals surface area contributed by atoms with Crippen molar-refractivity contribution < 1.29 is 9.53 Å². The number of thioether (sulfide) groups is 1. The number of ether oxygens (including phenoxy) is 1. The smallest absolute Gasteiger partial charge is 0.236 e. The first-order valence-corrected chi connectivity index (χ1v) is 11.7. The van der Waals surface area contributed by atoms with Crippen molar-refractivity contribution in [2.24, 2.45) is 0 Å². The summed E-state index contributed by atoms with van der Waals surface area (Å²) in [5, 5.41) is 20.2. The summed E-state index contributed by atoms with van der Waals surface area (Å²) in [4.78, 5) is 12.8. The Morgan fingerprint density at radius 1 is 1.15 bits per heavy atom. The molecule has 0 bridgehead atoms. The number of benzene rings is 2. The lowest BCUT2D eigenvalue weighted by molar-refractivity contribution is -0.113. The van der Waals surface area contributed by atoms with Crippen LogP contribution in [0.1, 0.15) is 30.0 Å². The number of methoxy groups -OCH3 is 1. The number of tetrazole rings is 1. The summed E-state index contributed by atoms with van der Waals surface area (Å²) in [7, 11) is 1.63. The van der Waals surface area contributed by atoms with E-state index in [9.17, 15) is 4.79 Å². The van der Waals surface area contributed by atoms with Crippen LogP contribution < -0.4 is 10.1 Å². The van der Waals surface area contributed by atoms with E-state index in [1.54, 1.807) is 16.5 Å². The van der Waals surface area contributed by atoms with Gasteiger partial charge in [0.2, 0.25) is 11.1 Å². The van der Waals surface area contributed by atoms with Crippen molar-refractivity contribution in [3.8, 4) is 11.4 Å². The maximum atomic E-state index is 12.8. The van der Waals surface area contributed by atoms with Crippen molar-refractivity contribution in [1.29, 1.82) is 0 Å². The van der Waals surface area contributed by atoms with Gasteiger partial charge >= 0.3 is 0 Å². The van der Waals surface area contributed by atoms with Crippen LogP contribution in [0.2, 0.25) is 0 Å². The van der Waals surface area contributed by atoms with Gasteiger partial charge in [-0.1, -0.05) is 42.1 Å². The van der Waals surface area contributed by atoms with Crippen LogP contribution in [0, 0.1) is 0 Å². The Morgan fingerprint density at radius 3 is 2.67 bits per heavy atom. The fraction of sp³-hybridized carbons (Fsp3) is 0.261. The zero-order chi connectivity index (χ0) is 22.6. The van der Waals surface area contributed by atoms with Crippen molar-refractivity contribution in [2.45, 2.75) is 30.5 Å². The van der Waals surface area contributed by atoms with Gasteiger partial charge in [0.25, 0.3) is 0 Å². The summed E-state index contributed by atoms with van der Waals surface area (Å²) in [5.74, 6) is 2.00. The van der Waals surface area contributed by atoms with E-state index in [1.165, 1.54) is 11.8 Å². The number of nitrogens with one attached hydrogen (secondary N) is 1. The Kier molecular flexibility index (Phi) is 6.07. The molecule has 0 saturated heterocycles. The van der Waals surface area contributed by atoms with Gasteiger partial charge < -0.3 is 10.1 Å². The number of rotatable bonds is 9. The summed E-state index contributed by atoms with van der Waals surface area (Å²) >= 11 is 1.30. The number of para-hydroxylation sites is 1. The van der Waals surface area contributed by atoms with Gasteiger partial charge in [-0.3, -0.25) is 4.79 Å². The molecule has 5 rings (SSSR count). The van der Waals surface area contributed by atoms with Crippen molar-refractivity contribution in [3.63, 3.8) is 0 Å². The van der Waals surface area contributed by atoms with Crippen LogP contribution in [-0.2, 0) is 11.3 Å². The van der Waals surface area contributed by atoms with E-state index >= 15 is 0 Å². The second kappa shape index (κ2) is 9.45. The lowest BCUT2D eigenvalue weighted by Crippen LogP contribution is -2.17. The molecule has 0 radical (unpaired) electrons. The monoisotopic (exact) mass is 461 g/mol. The van der Waals surface area contributed by atoms with Gasteiger partial charge in [0.1, 0.15) is 11.6 Å². The molecule has 0 atom stereocenters. The van der Waals surface area contributed by atoms with Crippen molar-refractivity contribution in [3.05, 3.63) is 71.9 Å². The number of hydrogen-bond donors (Lipinski definition) is 1. The molecule has 33 heavy (non-hydrogen) atoms. The zero-order valence-corrected chi connectivity index (χ0v) is 18.9. The van der Waals surface area contributed by atoms with E-state index < -0.39 is 0 Å². The van der Waals surface area contributed by atoms with E-state index in [4.69, 9.17) is 9.84 Å². The highest BCUT2D eigenvalue weighted by molar-refractivity contribution is 7.99. The quantitative estimate of drug-likeness (QED) is 0.381. The number of aromatic nitrogens is 6. The molecule has 2 aromatic heterocycles. The number of hydrogen-bond acceptors (Lipinski definition) is 7. The first-order valence-electron chi connectivity index (χ1n) is 10.7. The fourth-order valence-corrected chi connectivity index (χ4v) is 4.12. The largest absolute Gasteiger partial charge is 0.497 e. The summed E-state index contributed by atoms with van der Waals surface area (Å²) in [6, 6.07) is 19.5. The standard InChI is InChI=1S/C23H23N7O2S/c1-32-19-11-7-16(8-12-19)14-29-23(25-27-28-29)33-15-22(31)24-21-13-20(17-9-10-17)26-30(21)18-5-3-2-4-6-18/h2-8,11-13,17H,9-10,14-15H2,1H3,(H,24,31). The van der Waals surface area contributed by atoms with E-state index in [0.717, 1.165) is 35.5 Å². The molecular weight excluding hydrogens is 438 g/mol. The maximum Gasteiger partial charge on any atom is 0.236 e. The minimum atomic E-state index is -0.140. The maximum absolute atomic E-state index is 12.8. The lowest BCUT2D eigenvalue weighted by Gasteiger charge is -2.09. The summed E-state index contributed by atoms with van der Waals surface area (Å²) in [6.45, 7) is 0.506. The number of carbonyl (C=O) groups is 1. The van der Waals surface area contributed by atoms with Crippen LogP contribution in [0.5, 0.6) is 5.75 Å². The van der Waals surface area contributed by atoms with E-state index in [2.05, 4.69) is 20.8 Å². The molecule has 2 heterocycles. The zero-order valence-electron chi connectivity index (χ0n) is 18.1. The Morgan fingerprint density at radius 2 is 1.94 bits per heavy atom. The molecule has 0 spiro atoms. The molecule has 1 N–H and O–H groups in total. The summed E-state index contributed by atoms with van der Waals surface area (Å²) in [5.41, 5.74) is 2.97. The molecular formula is C23H23N7O2S. The highest BCUT2D eigenvalue weighted by Crippen LogP contribution is 2.40. The Balaban J connectivity index is 1.24. The second-order valence-electron chi connectivity index (χ2n) is 7.78. The van der Waals surface area contributed by atoms with Crippen LogP contribution >= 0.6 is 11.8 Å². The predicted molar refractivity (Wildman–Crippen MR) is 125 cm³/mol. The average molecular weight is 462 g/mol. The molecule has 168 valence electrons. The summed E-state index contributed by atoms with van der Waals surface area (Å²) in [6.07, 6.45) is 2.29. The Labute approximate surface area is 195 Å². The normalized spacial score (nSPS) is 13.1. The van der Waals surface area contributed by atoms with Crippen molar-refractivity contribution in [1.82, 2.24) is 30.0 Å². The highest BCUT2D eigenvalue weighted by Gasteiger charge is 2.28. The number of nitrogens with zero attached hydrogens (tertiary/aromatic N) is 6. The molecule has 9 nitrogen and oxygen atoms in total. The molecule has 10 heteroatoms. The molecule has 1 aliphatic carbocycles.